The highest BCUT2D eigenvalue weighted by molar-refractivity contribution is 7.80. The molecule has 2 unspecified atom stereocenters. The fourth-order valence-electron chi connectivity index (χ4n) is 3.46. The van der Waals surface area contributed by atoms with Crippen LogP contribution in [-0.2, 0) is 0 Å². The first kappa shape index (κ1) is 26.2. The van der Waals surface area contributed by atoms with Gasteiger partial charge in [0.25, 0.3) is 0 Å². The zero-order valence-corrected chi connectivity index (χ0v) is 18.4. The Balaban J connectivity index is 1.54. The van der Waals surface area contributed by atoms with Gasteiger partial charge in [-0.3, -0.25) is 0 Å². The molecule has 2 aromatic carbocycles. The van der Waals surface area contributed by atoms with Gasteiger partial charge in [-0.25, -0.2) is 4.79 Å². The Morgan fingerprint density at radius 2 is 1.69 bits per heavy atom. The summed E-state index contributed by atoms with van der Waals surface area (Å²) in [7, 11) is 0. The highest BCUT2D eigenvalue weighted by atomic mass is 32.1. The van der Waals surface area contributed by atoms with Crippen molar-refractivity contribution in [3.05, 3.63) is 48.0 Å². The highest BCUT2D eigenvalue weighted by Crippen LogP contribution is 2.32. The number of nitrogens with one attached hydrogen (secondary N) is 2. The molecule has 190 valence electrons. The number of thiocarbonyl (C=S) groups is 1. The molecule has 2 aromatic rings. The predicted octanol–water partition coefficient (Wildman–Crippen LogP) is 5.47. The Morgan fingerprint density at radius 3 is 2.34 bits per heavy atom. The van der Waals surface area contributed by atoms with E-state index in [1.165, 1.54) is 18.2 Å². The van der Waals surface area contributed by atoms with Crippen LogP contribution in [0.3, 0.4) is 0 Å². The van der Waals surface area contributed by atoms with Gasteiger partial charge >= 0.3 is 18.7 Å². The van der Waals surface area contributed by atoms with Crippen molar-refractivity contribution in [2.45, 2.75) is 44.1 Å². The quantitative estimate of drug-likeness (QED) is 0.325. The van der Waals surface area contributed by atoms with Crippen LogP contribution >= 0.6 is 12.2 Å². The number of halogens is 6. The summed E-state index contributed by atoms with van der Waals surface area (Å²) in [6, 6.07) is 7.97. The normalized spacial score (nSPS) is 18.0. The van der Waals surface area contributed by atoms with Gasteiger partial charge in [-0.2, -0.15) is 0 Å². The molecule has 0 bridgehead atoms. The molecule has 0 spiro atoms. The van der Waals surface area contributed by atoms with Crippen LogP contribution < -0.4 is 24.8 Å². The van der Waals surface area contributed by atoms with Gasteiger partial charge in [0.1, 0.15) is 28.9 Å². The monoisotopic (exact) mass is 524 g/mol. The van der Waals surface area contributed by atoms with E-state index in [-0.39, 0.29) is 28.7 Å². The van der Waals surface area contributed by atoms with Crippen molar-refractivity contribution in [2.24, 2.45) is 0 Å². The number of rotatable bonds is 7. The summed E-state index contributed by atoms with van der Waals surface area (Å²) >= 11 is 5.20. The number of hydrogen-bond acceptors (Lipinski definition) is 5. The number of hydrogen-bond donors (Lipinski definition) is 3. The van der Waals surface area contributed by atoms with E-state index >= 15 is 0 Å². The van der Waals surface area contributed by atoms with Crippen LogP contribution in [0.2, 0.25) is 0 Å². The van der Waals surface area contributed by atoms with Gasteiger partial charge in [-0.1, -0.05) is 6.07 Å². The van der Waals surface area contributed by atoms with E-state index in [0.29, 0.717) is 19.3 Å². The van der Waals surface area contributed by atoms with E-state index in [2.05, 4.69) is 20.1 Å². The van der Waals surface area contributed by atoms with Crippen LogP contribution in [0.1, 0.15) is 29.6 Å². The molecule has 35 heavy (non-hydrogen) atoms. The summed E-state index contributed by atoms with van der Waals surface area (Å²) in [5, 5.41) is 15.1. The van der Waals surface area contributed by atoms with Crippen molar-refractivity contribution in [3.8, 4) is 17.2 Å². The number of aromatic carboxylic acids is 1. The third-order valence-corrected chi connectivity index (χ3v) is 4.97. The van der Waals surface area contributed by atoms with Gasteiger partial charge in [0.2, 0.25) is 0 Å². The van der Waals surface area contributed by atoms with Crippen molar-refractivity contribution in [1.29, 1.82) is 0 Å². The average Bonchev–Trinajstić information content (AvgIpc) is 3.13. The van der Waals surface area contributed by atoms with Crippen LogP contribution in [0.25, 0.3) is 0 Å². The number of carboxylic acids is 1. The van der Waals surface area contributed by atoms with Gasteiger partial charge in [-0.15, -0.1) is 26.3 Å². The molecule has 0 radical (unpaired) electrons. The number of carboxylic acid groups (broad SMARTS) is 1. The summed E-state index contributed by atoms with van der Waals surface area (Å²) in [6.45, 7) is 0. The van der Waals surface area contributed by atoms with E-state index in [1.54, 1.807) is 0 Å². The molecule has 0 aromatic heterocycles. The molecule has 0 amide bonds. The van der Waals surface area contributed by atoms with Crippen LogP contribution in [-0.4, -0.2) is 41.1 Å². The highest BCUT2D eigenvalue weighted by Gasteiger charge is 2.34. The minimum absolute atomic E-state index is 0.0600. The summed E-state index contributed by atoms with van der Waals surface area (Å²) < 4.78 is 87.8. The number of ether oxygens (including phenoxy) is 3. The lowest BCUT2D eigenvalue weighted by Gasteiger charge is -2.18. The molecule has 2 atom stereocenters. The van der Waals surface area contributed by atoms with Crippen molar-refractivity contribution in [3.63, 3.8) is 0 Å². The smallest absolute Gasteiger partial charge is 0.490 e. The van der Waals surface area contributed by atoms with E-state index < -0.39 is 35.8 Å². The van der Waals surface area contributed by atoms with E-state index in [1.807, 2.05) is 0 Å². The average molecular weight is 524 g/mol. The summed E-state index contributed by atoms with van der Waals surface area (Å²) in [5.41, 5.74) is -0.424. The molecule has 14 heteroatoms. The van der Waals surface area contributed by atoms with Crippen molar-refractivity contribution in [2.75, 3.05) is 5.32 Å². The molecular formula is C21H18F6N2O5S. The summed E-state index contributed by atoms with van der Waals surface area (Å²) in [5.74, 6) is -2.82. The first-order valence-electron chi connectivity index (χ1n) is 10.0. The lowest BCUT2D eigenvalue weighted by Crippen LogP contribution is -2.36. The lowest BCUT2D eigenvalue weighted by molar-refractivity contribution is -0.275. The second-order valence-electron chi connectivity index (χ2n) is 7.43. The molecule has 0 saturated heterocycles. The third-order valence-electron chi connectivity index (χ3n) is 4.76. The molecule has 1 fully saturated rings. The van der Waals surface area contributed by atoms with Gasteiger partial charge in [-0.05, 0) is 55.4 Å². The molecule has 1 aliphatic carbocycles. The first-order chi connectivity index (χ1) is 16.3. The van der Waals surface area contributed by atoms with E-state index in [0.717, 1.165) is 24.3 Å². The van der Waals surface area contributed by atoms with Crippen molar-refractivity contribution < 1.29 is 50.5 Å². The van der Waals surface area contributed by atoms with Crippen LogP contribution in [0.4, 0.5) is 32.0 Å². The lowest BCUT2D eigenvalue weighted by atomic mass is 10.2. The SMILES string of the molecule is O=C(O)c1cc(OC2CCC(NC(=S)Nc3cccc(OC(F)(F)F)c3)C2)ccc1OC(F)(F)F. The second-order valence-corrected chi connectivity index (χ2v) is 7.84. The molecule has 1 saturated carbocycles. The van der Waals surface area contributed by atoms with E-state index in [9.17, 15) is 36.2 Å². The van der Waals surface area contributed by atoms with Gasteiger partial charge in [0.15, 0.2) is 5.11 Å². The minimum atomic E-state index is -5.05. The van der Waals surface area contributed by atoms with Crippen molar-refractivity contribution in [1.82, 2.24) is 5.32 Å². The maximum atomic E-state index is 12.5. The van der Waals surface area contributed by atoms with Gasteiger partial charge in [0.05, 0.1) is 0 Å². The summed E-state index contributed by atoms with van der Waals surface area (Å²) in [4.78, 5) is 11.3. The topological polar surface area (TPSA) is 89.1 Å². The Kier molecular flexibility index (Phi) is 7.83. The summed E-state index contributed by atoms with van der Waals surface area (Å²) in [6.07, 6.45) is -8.68. The van der Waals surface area contributed by atoms with Crippen LogP contribution in [0.5, 0.6) is 17.2 Å². The Bertz CT molecular complexity index is 1080. The zero-order chi connectivity index (χ0) is 25.8. The first-order valence-corrected chi connectivity index (χ1v) is 10.4. The second kappa shape index (κ2) is 10.5. The molecule has 3 rings (SSSR count). The van der Waals surface area contributed by atoms with Crippen LogP contribution in [0, 0.1) is 0 Å². The zero-order valence-electron chi connectivity index (χ0n) is 17.6. The molecule has 7 nitrogen and oxygen atoms in total. The fourth-order valence-corrected chi connectivity index (χ4v) is 3.74. The number of alkyl halides is 6. The Labute approximate surface area is 200 Å². The molecular weight excluding hydrogens is 506 g/mol. The number of benzene rings is 2. The van der Waals surface area contributed by atoms with Crippen LogP contribution in [0.15, 0.2) is 42.5 Å². The number of anilines is 1. The van der Waals surface area contributed by atoms with Gasteiger partial charge < -0.3 is 30.0 Å². The standard InChI is InChI=1S/C21H18F6N2O5S/c22-20(23,24)33-15-3-1-2-11(9-15)28-19(35)29-12-4-5-13(8-12)32-14-6-7-17(34-21(25,26)27)16(10-14)18(30)31/h1-3,6-7,9-10,12-13H,4-5,8H2,(H,30,31)(H2,28,29,35). The molecule has 1 aliphatic rings. The maximum Gasteiger partial charge on any atom is 0.573 e. The number of carbonyl (C=O) groups is 1. The Hall–Kier alpha value is -3.42. The minimum Gasteiger partial charge on any atom is -0.490 e. The third kappa shape index (κ3) is 8.38. The largest absolute Gasteiger partial charge is 0.573 e. The maximum absolute atomic E-state index is 12.5. The van der Waals surface area contributed by atoms with Crippen molar-refractivity contribution >= 4 is 29.0 Å². The van der Waals surface area contributed by atoms with Gasteiger partial charge in [0, 0.05) is 24.2 Å². The Morgan fingerprint density at radius 1 is 0.971 bits per heavy atom. The molecule has 0 heterocycles. The fraction of sp³-hybridized carbons (Fsp3) is 0.333. The molecule has 0 aliphatic heterocycles. The molecule has 3 N–H and O–H groups in total. The van der Waals surface area contributed by atoms with E-state index in [4.69, 9.17) is 17.0 Å². The predicted molar refractivity (Wildman–Crippen MR) is 115 cm³/mol.